The molecule has 1 aromatic carbocycles. The molecule has 1 aromatic heterocycles. The largest absolute Gasteiger partial charge is 0.477 e. The second kappa shape index (κ2) is 6.00. The molecule has 0 bridgehead atoms. The average molecular weight is 290 g/mol. The Bertz CT molecular complexity index is 755. The first kappa shape index (κ1) is 14.4. The highest BCUT2D eigenvalue weighted by atomic mass is 19.1. The van der Waals surface area contributed by atoms with Crippen LogP contribution in [0.1, 0.15) is 10.4 Å². The molecule has 2 aromatic rings. The number of rotatable bonds is 4. The quantitative estimate of drug-likeness (QED) is 0.889. The lowest BCUT2D eigenvalue weighted by molar-refractivity contribution is -0.116. The summed E-state index contributed by atoms with van der Waals surface area (Å²) in [6.45, 7) is -0.241. The molecule has 0 spiro atoms. The van der Waals surface area contributed by atoms with E-state index in [2.05, 4.69) is 5.32 Å². The lowest BCUT2D eigenvalue weighted by Gasteiger charge is -2.09. The number of nitrogens with zero attached hydrogens (tertiary/aromatic N) is 1. The molecule has 0 atom stereocenters. The highest BCUT2D eigenvalue weighted by molar-refractivity contribution is 5.91. The third-order valence-electron chi connectivity index (χ3n) is 2.68. The molecule has 108 valence electrons. The number of aromatic nitrogens is 1. The van der Waals surface area contributed by atoms with Crippen LogP contribution in [-0.2, 0) is 11.3 Å². The minimum absolute atomic E-state index is 0.0296. The number of hydrogen-bond donors (Lipinski definition) is 2. The Kier molecular flexibility index (Phi) is 4.13. The van der Waals surface area contributed by atoms with Crippen molar-refractivity contribution in [2.24, 2.45) is 0 Å². The summed E-state index contributed by atoms with van der Waals surface area (Å²) in [6, 6.07) is 6.73. The fraction of sp³-hybridized carbons (Fsp3) is 0.0714. The van der Waals surface area contributed by atoms with E-state index in [-0.39, 0.29) is 12.2 Å². The van der Waals surface area contributed by atoms with Gasteiger partial charge in [0.05, 0.1) is 5.69 Å². The number of anilines is 1. The fourth-order valence-electron chi connectivity index (χ4n) is 1.70. The van der Waals surface area contributed by atoms with E-state index in [1.165, 1.54) is 29.0 Å². The van der Waals surface area contributed by atoms with Crippen molar-refractivity contribution in [1.82, 2.24) is 4.57 Å². The molecule has 0 fully saturated rings. The molecular weight excluding hydrogens is 279 g/mol. The number of benzene rings is 1. The van der Waals surface area contributed by atoms with Crippen molar-refractivity contribution in [2.45, 2.75) is 6.54 Å². The van der Waals surface area contributed by atoms with Crippen LogP contribution in [0.25, 0.3) is 0 Å². The molecule has 0 aliphatic rings. The molecule has 0 saturated carbocycles. The maximum absolute atomic E-state index is 13.4. The van der Waals surface area contributed by atoms with Gasteiger partial charge in [0.15, 0.2) is 5.43 Å². The van der Waals surface area contributed by atoms with Crippen LogP contribution >= 0.6 is 0 Å². The van der Waals surface area contributed by atoms with Crippen LogP contribution in [-0.4, -0.2) is 21.6 Å². The number of hydrogen-bond acceptors (Lipinski definition) is 3. The lowest BCUT2D eigenvalue weighted by atomic mass is 10.2. The Hall–Kier alpha value is -2.96. The summed E-state index contributed by atoms with van der Waals surface area (Å²) >= 11 is 0. The van der Waals surface area contributed by atoms with Gasteiger partial charge in [-0.05, 0) is 12.1 Å². The fourth-order valence-corrected chi connectivity index (χ4v) is 1.70. The monoisotopic (exact) mass is 290 g/mol. The van der Waals surface area contributed by atoms with Crippen molar-refractivity contribution in [3.05, 3.63) is 64.3 Å². The predicted molar refractivity (Wildman–Crippen MR) is 72.7 cm³/mol. The van der Waals surface area contributed by atoms with E-state index < -0.39 is 28.7 Å². The van der Waals surface area contributed by atoms with E-state index in [9.17, 15) is 18.8 Å². The van der Waals surface area contributed by atoms with Crippen molar-refractivity contribution in [1.29, 1.82) is 0 Å². The van der Waals surface area contributed by atoms with E-state index in [1.807, 2.05) is 0 Å². The van der Waals surface area contributed by atoms with Gasteiger partial charge in [0.25, 0.3) is 0 Å². The number of amides is 1. The first-order chi connectivity index (χ1) is 9.97. The van der Waals surface area contributed by atoms with Crippen molar-refractivity contribution >= 4 is 17.6 Å². The van der Waals surface area contributed by atoms with Gasteiger partial charge in [-0.25, -0.2) is 9.18 Å². The van der Waals surface area contributed by atoms with E-state index in [0.717, 1.165) is 12.3 Å². The predicted octanol–water partition coefficient (Wildman–Crippen LogP) is 1.32. The molecule has 1 heterocycles. The number of carboxylic acids is 1. The number of carbonyl (C=O) groups is 2. The van der Waals surface area contributed by atoms with E-state index in [4.69, 9.17) is 5.11 Å². The number of pyridine rings is 1. The summed E-state index contributed by atoms with van der Waals surface area (Å²) in [6.07, 6.45) is 2.35. The van der Waals surface area contributed by atoms with Crippen molar-refractivity contribution in [3.8, 4) is 0 Å². The van der Waals surface area contributed by atoms with Crippen LogP contribution in [0, 0.1) is 5.82 Å². The molecule has 0 radical (unpaired) electrons. The standard InChI is InChI=1S/C14H11FN2O4/c15-10-3-1-2-4-11(10)16-13(19)8-17-6-5-12(18)9(7-17)14(20)21/h1-7H,8H2,(H,16,19)(H,20,21). The molecule has 6 nitrogen and oxygen atoms in total. The minimum Gasteiger partial charge on any atom is -0.477 e. The zero-order valence-electron chi connectivity index (χ0n) is 10.7. The number of nitrogens with one attached hydrogen (secondary N) is 1. The first-order valence-electron chi connectivity index (χ1n) is 5.95. The number of halogens is 1. The van der Waals surface area contributed by atoms with Gasteiger partial charge in [0.2, 0.25) is 5.91 Å². The van der Waals surface area contributed by atoms with Gasteiger partial charge in [-0.2, -0.15) is 0 Å². The molecule has 0 aliphatic carbocycles. The van der Waals surface area contributed by atoms with Crippen LogP contribution in [0.15, 0.2) is 47.5 Å². The molecule has 0 saturated heterocycles. The molecular formula is C14H11FN2O4. The van der Waals surface area contributed by atoms with Crippen LogP contribution in [0.4, 0.5) is 10.1 Å². The van der Waals surface area contributed by atoms with Crippen molar-refractivity contribution in [3.63, 3.8) is 0 Å². The van der Waals surface area contributed by atoms with Gasteiger partial charge < -0.3 is 15.0 Å². The zero-order valence-corrected chi connectivity index (χ0v) is 10.7. The maximum Gasteiger partial charge on any atom is 0.341 e. The van der Waals surface area contributed by atoms with Crippen molar-refractivity contribution in [2.75, 3.05) is 5.32 Å². The lowest BCUT2D eigenvalue weighted by Crippen LogP contribution is -2.22. The SMILES string of the molecule is O=C(Cn1ccc(=O)c(C(=O)O)c1)Nc1ccccc1F. The van der Waals surface area contributed by atoms with E-state index >= 15 is 0 Å². The summed E-state index contributed by atoms with van der Waals surface area (Å²) in [5.41, 5.74) is -1.05. The summed E-state index contributed by atoms with van der Waals surface area (Å²) in [5.74, 6) is -2.49. The van der Waals surface area contributed by atoms with E-state index in [1.54, 1.807) is 6.07 Å². The summed E-state index contributed by atoms with van der Waals surface area (Å²) in [4.78, 5) is 33.9. The third-order valence-corrected chi connectivity index (χ3v) is 2.68. The Balaban J connectivity index is 2.13. The summed E-state index contributed by atoms with van der Waals surface area (Å²) in [7, 11) is 0. The van der Waals surface area contributed by atoms with Gasteiger partial charge in [-0.15, -0.1) is 0 Å². The topological polar surface area (TPSA) is 88.4 Å². The summed E-state index contributed by atoms with van der Waals surface area (Å²) in [5, 5.41) is 11.2. The number of para-hydroxylation sites is 1. The average Bonchev–Trinajstić information content (AvgIpc) is 2.43. The van der Waals surface area contributed by atoms with E-state index in [0.29, 0.717) is 0 Å². The van der Waals surface area contributed by atoms with Gasteiger partial charge in [-0.3, -0.25) is 9.59 Å². The van der Waals surface area contributed by atoms with Crippen LogP contribution < -0.4 is 10.7 Å². The van der Waals surface area contributed by atoms with Gasteiger partial charge in [0, 0.05) is 18.5 Å². The first-order valence-corrected chi connectivity index (χ1v) is 5.95. The highest BCUT2D eigenvalue weighted by Crippen LogP contribution is 2.12. The number of carbonyl (C=O) groups excluding carboxylic acids is 1. The molecule has 2 rings (SSSR count). The second-order valence-corrected chi connectivity index (χ2v) is 4.23. The highest BCUT2D eigenvalue weighted by Gasteiger charge is 2.11. The summed E-state index contributed by atoms with van der Waals surface area (Å²) < 4.78 is 14.6. The molecule has 0 aliphatic heterocycles. The molecule has 21 heavy (non-hydrogen) atoms. The van der Waals surface area contributed by atoms with Gasteiger partial charge in [-0.1, -0.05) is 12.1 Å². The van der Waals surface area contributed by atoms with Crippen LogP contribution in [0.2, 0.25) is 0 Å². The van der Waals surface area contributed by atoms with Gasteiger partial charge in [0.1, 0.15) is 17.9 Å². The second-order valence-electron chi connectivity index (χ2n) is 4.23. The Morgan fingerprint density at radius 1 is 1.24 bits per heavy atom. The van der Waals surface area contributed by atoms with Gasteiger partial charge >= 0.3 is 5.97 Å². The number of aromatic carboxylic acids is 1. The molecule has 7 heteroatoms. The Morgan fingerprint density at radius 2 is 1.95 bits per heavy atom. The third kappa shape index (κ3) is 3.53. The molecule has 2 N–H and O–H groups in total. The van der Waals surface area contributed by atoms with Crippen LogP contribution in [0.3, 0.4) is 0 Å². The Labute approximate surface area is 118 Å². The molecule has 0 unspecified atom stereocenters. The maximum atomic E-state index is 13.4. The Morgan fingerprint density at radius 3 is 2.62 bits per heavy atom. The van der Waals surface area contributed by atoms with Crippen LogP contribution in [0.5, 0.6) is 0 Å². The zero-order chi connectivity index (χ0) is 15.4. The molecule has 1 amide bonds. The number of carboxylic acid groups (broad SMARTS) is 1. The minimum atomic E-state index is -1.37. The normalized spacial score (nSPS) is 10.1. The van der Waals surface area contributed by atoms with Crippen molar-refractivity contribution < 1.29 is 19.1 Å². The smallest absolute Gasteiger partial charge is 0.341 e.